The number of aromatic nitrogens is 2. The van der Waals surface area contributed by atoms with Crippen LogP contribution in [0.25, 0.3) is 10.9 Å². The average Bonchev–Trinajstić information content (AvgIpc) is 2.96. The van der Waals surface area contributed by atoms with Crippen molar-refractivity contribution in [2.45, 2.75) is 0 Å². The predicted molar refractivity (Wildman–Crippen MR) is 60.9 cm³/mol. The highest BCUT2D eigenvalue weighted by atomic mass is 35.5. The van der Waals surface area contributed by atoms with Crippen molar-refractivity contribution >= 4 is 22.5 Å². The van der Waals surface area contributed by atoms with Gasteiger partial charge in [0.05, 0.1) is 11.5 Å². The number of nitro benzene ring substituents is 1. The molecule has 1 aromatic carbocycles. The van der Waals surface area contributed by atoms with Crippen LogP contribution in [0.15, 0.2) is 29.4 Å². The molecule has 1 aliphatic rings. The molecule has 7 nitrogen and oxygen atoms in total. The van der Waals surface area contributed by atoms with Gasteiger partial charge in [0.25, 0.3) is 5.69 Å². The lowest BCUT2D eigenvalue weighted by atomic mass is 10.2. The molecule has 1 aliphatic heterocycles. The largest absolute Gasteiger partial charge is 1.00 e. The molecule has 2 N–H and O–H groups in total. The van der Waals surface area contributed by atoms with Gasteiger partial charge in [-0.3, -0.25) is 15.4 Å². The second-order valence-electron chi connectivity index (χ2n) is 3.74. The summed E-state index contributed by atoms with van der Waals surface area (Å²) in [5.74, 6) is 0.690. The van der Waals surface area contributed by atoms with E-state index >= 15 is 0 Å². The Labute approximate surface area is 108 Å². The second kappa shape index (κ2) is 4.61. The topological polar surface area (TPSA) is 87.2 Å². The van der Waals surface area contributed by atoms with Crippen LogP contribution < -0.4 is 22.4 Å². The minimum atomic E-state index is -0.396. The van der Waals surface area contributed by atoms with Crippen molar-refractivity contribution in [3.05, 3.63) is 34.5 Å². The summed E-state index contributed by atoms with van der Waals surface area (Å²) in [6.07, 6.45) is 1.79. The number of halogens is 1. The lowest BCUT2D eigenvalue weighted by Crippen LogP contribution is -3.00. The van der Waals surface area contributed by atoms with Gasteiger partial charge in [0.15, 0.2) is 5.52 Å². The van der Waals surface area contributed by atoms with Crippen molar-refractivity contribution in [1.82, 2.24) is 10.4 Å². The number of non-ortho nitro benzene ring substituents is 1. The van der Waals surface area contributed by atoms with Crippen LogP contribution in [0.4, 0.5) is 5.69 Å². The minimum absolute atomic E-state index is 0. The van der Waals surface area contributed by atoms with Crippen molar-refractivity contribution in [1.29, 1.82) is 0 Å². The van der Waals surface area contributed by atoms with Gasteiger partial charge >= 0.3 is 5.96 Å². The molecule has 1 aromatic heterocycles. The summed E-state index contributed by atoms with van der Waals surface area (Å²) in [7, 11) is 0. The maximum Gasteiger partial charge on any atom is 0.408 e. The Hall–Kier alpha value is -2.15. The molecule has 0 fully saturated rings. The normalized spacial score (nSPS) is 13.9. The molecule has 0 unspecified atom stereocenters. The standard InChI is InChI=1S/C10H9N5O2.ClH/c16-15(17)8-3-1-2-7-6-14(13-9(7)8)10-11-4-5-12-10;/h1-3,6H,4-5H2,(H,11,12);1H. The predicted octanol–water partition coefficient (Wildman–Crippen LogP) is -2.83. The highest BCUT2D eigenvalue weighted by molar-refractivity contribution is 5.86. The van der Waals surface area contributed by atoms with Crippen LogP contribution in [0.3, 0.4) is 0 Å². The summed E-state index contributed by atoms with van der Waals surface area (Å²) in [5.41, 5.74) is 0.578. The minimum Gasteiger partial charge on any atom is -1.00 e. The zero-order chi connectivity index (χ0) is 11.8. The van der Waals surface area contributed by atoms with Crippen molar-refractivity contribution in [2.24, 2.45) is 4.99 Å². The first-order valence-electron chi connectivity index (χ1n) is 5.22. The van der Waals surface area contributed by atoms with Crippen LogP contribution in [0.5, 0.6) is 0 Å². The number of hydrogen-bond donors (Lipinski definition) is 2. The highest BCUT2D eigenvalue weighted by Gasteiger charge is 2.21. The second-order valence-corrected chi connectivity index (χ2v) is 3.74. The van der Waals surface area contributed by atoms with Crippen LogP contribution in [0.1, 0.15) is 0 Å². The molecule has 3 rings (SSSR count). The third-order valence-electron chi connectivity index (χ3n) is 2.66. The number of nitro groups is 1. The van der Waals surface area contributed by atoms with E-state index in [0.29, 0.717) is 11.5 Å². The number of aromatic amines is 1. The zero-order valence-corrected chi connectivity index (χ0v) is 10.0. The Morgan fingerprint density at radius 2 is 2.28 bits per heavy atom. The SMILES string of the molecule is O=[N+]([O-])c1cccc2c[n+](C3=NCCN3)[nH]c12.[Cl-]. The number of hydrogen-bond acceptors (Lipinski definition) is 4. The van der Waals surface area contributed by atoms with E-state index in [1.54, 1.807) is 16.9 Å². The van der Waals surface area contributed by atoms with Gasteiger partial charge in [0.2, 0.25) is 0 Å². The molecule has 0 saturated heterocycles. The summed E-state index contributed by atoms with van der Waals surface area (Å²) in [5, 5.41) is 17.7. The van der Waals surface area contributed by atoms with Gasteiger partial charge in [-0.2, -0.15) is 0 Å². The van der Waals surface area contributed by atoms with Crippen molar-refractivity contribution < 1.29 is 22.0 Å². The molecule has 0 radical (unpaired) electrons. The maximum absolute atomic E-state index is 10.9. The molecule has 18 heavy (non-hydrogen) atoms. The molecule has 2 heterocycles. The first kappa shape index (κ1) is 12.3. The Balaban J connectivity index is 0.00000120. The molecular formula is C10H10ClN5O2. The number of para-hydroxylation sites is 1. The lowest BCUT2D eigenvalue weighted by molar-refractivity contribution is -0.618. The van der Waals surface area contributed by atoms with Gasteiger partial charge in [0.1, 0.15) is 12.7 Å². The Morgan fingerprint density at radius 3 is 2.94 bits per heavy atom. The highest BCUT2D eigenvalue weighted by Crippen LogP contribution is 2.21. The molecule has 0 atom stereocenters. The van der Waals surface area contributed by atoms with E-state index in [0.717, 1.165) is 18.5 Å². The van der Waals surface area contributed by atoms with Gasteiger partial charge in [-0.05, 0) is 6.07 Å². The number of fused-ring (bicyclic) bond motifs is 1. The van der Waals surface area contributed by atoms with E-state index in [9.17, 15) is 10.1 Å². The number of benzene rings is 1. The average molecular weight is 268 g/mol. The van der Waals surface area contributed by atoms with Crippen LogP contribution in [0, 0.1) is 10.1 Å². The molecule has 0 spiro atoms. The smallest absolute Gasteiger partial charge is 0.408 e. The molecule has 0 bridgehead atoms. The van der Waals surface area contributed by atoms with Gasteiger partial charge in [-0.25, -0.2) is 5.10 Å². The molecule has 94 valence electrons. The quantitative estimate of drug-likeness (QED) is 0.332. The molecular weight excluding hydrogens is 258 g/mol. The summed E-state index contributed by atoms with van der Waals surface area (Å²) in [6.45, 7) is 1.51. The number of nitrogens with zero attached hydrogens (tertiary/aromatic N) is 3. The summed E-state index contributed by atoms with van der Waals surface area (Å²) >= 11 is 0. The number of H-pyrrole nitrogens is 1. The van der Waals surface area contributed by atoms with E-state index in [2.05, 4.69) is 15.4 Å². The van der Waals surface area contributed by atoms with E-state index in [1.807, 2.05) is 6.07 Å². The van der Waals surface area contributed by atoms with Crippen LogP contribution >= 0.6 is 0 Å². The third kappa shape index (κ3) is 1.88. The van der Waals surface area contributed by atoms with E-state index < -0.39 is 4.92 Å². The molecule has 8 heteroatoms. The van der Waals surface area contributed by atoms with E-state index in [1.165, 1.54) is 6.07 Å². The van der Waals surface area contributed by atoms with Gasteiger partial charge in [0, 0.05) is 11.5 Å². The van der Waals surface area contributed by atoms with Gasteiger partial charge in [-0.1, -0.05) is 6.07 Å². The summed E-state index contributed by atoms with van der Waals surface area (Å²) in [6, 6.07) is 4.97. The third-order valence-corrected chi connectivity index (χ3v) is 2.66. The maximum atomic E-state index is 10.9. The first-order valence-corrected chi connectivity index (χ1v) is 5.22. The fourth-order valence-electron chi connectivity index (χ4n) is 1.89. The van der Waals surface area contributed by atoms with E-state index in [4.69, 9.17) is 0 Å². The van der Waals surface area contributed by atoms with Crippen LogP contribution in [-0.2, 0) is 0 Å². The Kier molecular flexibility index (Phi) is 3.15. The number of rotatable bonds is 1. The van der Waals surface area contributed by atoms with Gasteiger partial charge < -0.3 is 12.4 Å². The number of aliphatic imine (C=N–C) groups is 1. The van der Waals surface area contributed by atoms with E-state index in [-0.39, 0.29) is 18.1 Å². The van der Waals surface area contributed by atoms with Crippen LogP contribution in [-0.4, -0.2) is 29.1 Å². The van der Waals surface area contributed by atoms with Gasteiger partial charge in [-0.15, -0.1) is 9.67 Å². The van der Waals surface area contributed by atoms with Crippen molar-refractivity contribution in [2.75, 3.05) is 13.1 Å². The Morgan fingerprint density at radius 1 is 1.44 bits per heavy atom. The summed E-state index contributed by atoms with van der Waals surface area (Å²) in [4.78, 5) is 14.7. The zero-order valence-electron chi connectivity index (χ0n) is 9.26. The fraction of sp³-hybridized carbons (Fsp3) is 0.200. The van der Waals surface area contributed by atoms with Crippen molar-refractivity contribution in [3.63, 3.8) is 0 Å². The van der Waals surface area contributed by atoms with Crippen LogP contribution in [0.2, 0.25) is 0 Å². The lowest BCUT2D eigenvalue weighted by Gasteiger charge is -1.92. The molecule has 2 aromatic rings. The number of nitrogens with one attached hydrogen (secondary N) is 2. The van der Waals surface area contributed by atoms with Crippen molar-refractivity contribution in [3.8, 4) is 0 Å². The summed E-state index contributed by atoms with van der Waals surface area (Å²) < 4.78 is 1.67. The first-order chi connectivity index (χ1) is 8.25. The monoisotopic (exact) mass is 267 g/mol. The molecule has 0 aliphatic carbocycles. The Bertz CT molecular complexity index is 636. The molecule has 0 amide bonds. The fourth-order valence-corrected chi connectivity index (χ4v) is 1.89. The molecule has 0 saturated carbocycles.